The van der Waals surface area contributed by atoms with Gasteiger partial charge in [-0.15, -0.1) is 0 Å². The molecule has 4 rings (SSSR count). The summed E-state index contributed by atoms with van der Waals surface area (Å²) in [7, 11) is 2.13. The molecule has 162 valence electrons. The Labute approximate surface area is 184 Å². The number of hydrogen-bond acceptors (Lipinski definition) is 4. The summed E-state index contributed by atoms with van der Waals surface area (Å²) < 4.78 is 7.50. The van der Waals surface area contributed by atoms with E-state index >= 15 is 0 Å². The molecule has 0 bridgehead atoms. The highest BCUT2D eigenvalue weighted by Crippen LogP contribution is 2.23. The maximum atomic E-state index is 11.9. The summed E-state index contributed by atoms with van der Waals surface area (Å²) >= 11 is 0. The average molecular weight is 418 g/mol. The van der Waals surface area contributed by atoms with Gasteiger partial charge in [-0.05, 0) is 79.3 Å². The third-order valence-electron chi connectivity index (χ3n) is 6.25. The maximum absolute atomic E-state index is 11.9. The Bertz CT molecular complexity index is 990. The van der Waals surface area contributed by atoms with Gasteiger partial charge in [-0.25, -0.2) is 4.68 Å². The number of nitrogens with zero attached hydrogens (tertiary/aromatic N) is 3. The highest BCUT2D eigenvalue weighted by Gasteiger charge is 2.20. The molecular formula is C26H31N3O2. The summed E-state index contributed by atoms with van der Waals surface area (Å²) in [5, 5.41) is 4.28. The Morgan fingerprint density at radius 3 is 2.68 bits per heavy atom. The van der Waals surface area contributed by atoms with Crippen LogP contribution in [0.1, 0.15) is 52.4 Å². The Balaban J connectivity index is 1.53. The lowest BCUT2D eigenvalue weighted by Crippen LogP contribution is -2.38. The van der Waals surface area contributed by atoms with E-state index in [-0.39, 0.29) is 0 Å². The van der Waals surface area contributed by atoms with Gasteiger partial charge in [0.25, 0.3) is 0 Å². The predicted molar refractivity (Wildman–Crippen MR) is 123 cm³/mol. The monoisotopic (exact) mass is 417 g/mol. The number of hydrogen-bond donors (Lipinski definition) is 0. The van der Waals surface area contributed by atoms with Crippen molar-refractivity contribution in [1.82, 2.24) is 14.7 Å². The second-order valence-corrected chi connectivity index (χ2v) is 8.37. The van der Waals surface area contributed by atoms with Crippen molar-refractivity contribution in [1.29, 1.82) is 0 Å². The van der Waals surface area contributed by atoms with E-state index in [1.165, 1.54) is 16.7 Å². The fraction of sp³-hybridized carbons (Fsp3) is 0.385. The van der Waals surface area contributed by atoms with E-state index in [9.17, 15) is 4.79 Å². The van der Waals surface area contributed by atoms with Crippen LogP contribution >= 0.6 is 0 Å². The van der Waals surface area contributed by atoms with Gasteiger partial charge in [-0.2, -0.15) is 5.10 Å². The van der Waals surface area contributed by atoms with E-state index in [0.29, 0.717) is 6.04 Å². The summed E-state index contributed by atoms with van der Waals surface area (Å²) in [6.45, 7) is 4.60. The van der Waals surface area contributed by atoms with Crippen LogP contribution in [0.4, 0.5) is 0 Å². The molecular weight excluding hydrogens is 386 g/mol. The first kappa shape index (κ1) is 21.5. The molecule has 1 atom stereocenters. The van der Waals surface area contributed by atoms with Crippen molar-refractivity contribution in [3.05, 3.63) is 82.7 Å². The molecule has 1 aromatic heterocycles. The fourth-order valence-electron chi connectivity index (χ4n) is 4.38. The number of ether oxygens (including phenoxy) is 1. The van der Waals surface area contributed by atoms with Crippen molar-refractivity contribution < 1.29 is 9.53 Å². The quantitative estimate of drug-likeness (QED) is 0.508. The zero-order valence-electron chi connectivity index (χ0n) is 18.5. The van der Waals surface area contributed by atoms with Crippen LogP contribution in [0, 0.1) is 0 Å². The van der Waals surface area contributed by atoms with Gasteiger partial charge in [0.05, 0.1) is 12.3 Å². The van der Waals surface area contributed by atoms with Gasteiger partial charge < -0.3 is 4.74 Å². The number of rotatable bonds is 8. The Kier molecular flexibility index (Phi) is 6.95. The molecule has 2 heterocycles. The van der Waals surface area contributed by atoms with E-state index in [1.807, 2.05) is 16.9 Å². The lowest BCUT2D eigenvalue weighted by atomic mass is 9.92. The van der Waals surface area contributed by atoms with Crippen LogP contribution in [0.25, 0.3) is 5.69 Å². The molecule has 1 unspecified atom stereocenters. The van der Waals surface area contributed by atoms with Gasteiger partial charge in [0.1, 0.15) is 6.29 Å². The van der Waals surface area contributed by atoms with Crippen LogP contribution in [0.2, 0.25) is 0 Å². The van der Waals surface area contributed by atoms with Gasteiger partial charge >= 0.3 is 0 Å². The van der Waals surface area contributed by atoms with Crippen LogP contribution in [0.3, 0.4) is 0 Å². The number of likely N-dealkylation sites (N-methyl/N-ethyl adjacent to an activating group) is 1. The number of carbonyl (C=O) groups excluding carboxylic acids is 1. The second kappa shape index (κ2) is 10.0. The summed E-state index contributed by atoms with van der Waals surface area (Å²) in [5.74, 6) is 0. The molecule has 0 aliphatic carbocycles. The average Bonchev–Trinajstić information content (AvgIpc) is 3.35. The van der Waals surface area contributed by atoms with Crippen molar-refractivity contribution in [3.63, 3.8) is 0 Å². The maximum Gasteiger partial charge on any atom is 0.150 e. The summed E-state index contributed by atoms with van der Waals surface area (Å²) in [5.41, 5.74) is 6.71. The van der Waals surface area contributed by atoms with Crippen LogP contribution in [-0.2, 0) is 24.1 Å². The third kappa shape index (κ3) is 5.12. The lowest BCUT2D eigenvalue weighted by Gasteiger charge is -2.31. The zero-order chi connectivity index (χ0) is 21.6. The normalized spacial score (nSPS) is 16.5. The van der Waals surface area contributed by atoms with Crippen molar-refractivity contribution in [2.24, 2.45) is 0 Å². The van der Waals surface area contributed by atoms with Crippen LogP contribution < -0.4 is 0 Å². The van der Waals surface area contributed by atoms with Crippen molar-refractivity contribution >= 4 is 6.29 Å². The molecule has 3 aromatic rings. The van der Waals surface area contributed by atoms with Gasteiger partial charge in [0.15, 0.2) is 0 Å². The smallest absolute Gasteiger partial charge is 0.150 e. The minimum atomic E-state index is 0.423. The van der Waals surface area contributed by atoms with Crippen LogP contribution in [0.5, 0.6) is 0 Å². The molecule has 31 heavy (non-hydrogen) atoms. The van der Waals surface area contributed by atoms with Gasteiger partial charge in [0.2, 0.25) is 0 Å². The minimum Gasteiger partial charge on any atom is -0.380 e. The molecule has 0 spiro atoms. The molecule has 1 saturated heterocycles. The van der Waals surface area contributed by atoms with Gasteiger partial charge in [0, 0.05) is 37.2 Å². The first-order valence-corrected chi connectivity index (χ1v) is 11.1. The Hall–Kier alpha value is -2.76. The largest absolute Gasteiger partial charge is 0.380 e. The molecule has 0 N–H and O–H groups in total. The van der Waals surface area contributed by atoms with Gasteiger partial charge in [-0.3, -0.25) is 9.69 Å². The minimum absolute atomic E-state index is 0.423. The number of aromatic nitrogens is 2. The Morgan fingerprint density at radius 2 is 2.03 bits per heavy atom. The predicted octanol–water partition coefficient (Wildman–Crippen LogP) is 4.45. The SMILES string of the molecule is CCc1cc(CN(C)C2CCCOC2)c(C=O)cc1Cc1ccc(-n2cccn2)cc1. The first-order valence-electron chi connectivity index (χ1n) is 11.1. The standard InChI is InChI=1S/C26H31N3O2/c1-3-21-15-23(17-28(2)26-6-4-13-31-19-26)24(18-30)16-22(21)14-20-7-9-25(10-8-20)29-12-5-11-27-29/h5,7-12,15-16,18,26H,3-4,6,13-14,17,19H2,1-2H3. The first-order chi connectivity index (χ1) is 15.2. The van der Waals surface area contributed by atoms with Crippen molar-refractivity contribution in [3.8, 4) is 5.69 Å². The topological polar surface area (TPSA) is 47.4 Å². The van der Waals surface area contributed by atoms with E-state index in [1.54, 1.807) is 6.20 Å². The molecule has 0 saturated carbocycles. The molecule has 0 amide bonds. The summed E-state index contributed by atoms with van der Waals surface area (Å²) in [4.78, 5) is 14.2. The number of benzene rings is 2. The lowest BCUT2D eigenvalue weighted by molar-refractivity contribution is 0.0249. The number of carbonyl (C=O) groups is 1. The molecule has 0 radical (unpaired) electrons. The molecule has 5 nitrogen and oxygen atoms in total. The highest BCUT2D eigenvalue weighted by atomic mass is 16.5. The summed E-state index contributed by atoms with van der Waals surface area (Å²) in [6.07, 6.45) is 8.75. The van der Waals surface area contributed by atoms with Crippen LogP contribution in [-0.4, -0.2) is 47.3 Å². The third-order valence-corrected chi connectivity index (χ3v) is 6.25. The molecule has 1 aliphatic rings. The van der Waals surface area contributed by atoms with Crippen LogP contribution in [0.15, 0.2) is 54.9 Å². The summed E-state index contributed by atoms with van der Waals surface area (Å²) in [6, 6.07) is 15.1. The second-order valence-electron chi connectivity index (χ2n) is 8.37. The number of aryl methyl sites for hydroxylation is 1. The molecule has 2 aromatic carbocycles. The zero-order valence-corrected chi connectivity index (χ0v) is 18.5. The van der Waals surface area contributed by atoms with Crippen molar-refractivity contribution in [2.75, 3.05) is 20.3 Å². The van der Waals surface area contributed by atoms with E-state index < -0.39 is 0 Å². The van der Waals surface area contributed by atoms with Crippen molar-refractivity contribution in [2.45, 2.75) is 45.2 Å². The number of aldehydes is 1. The van der Waals surface area contributed by atoms with E-state index in [4.69, 9.17) is 4.74 Å². The molecule has 1 fully saturated rings. The molecule has 5 heteroatoms. The van der Waals surface area contributed by atoms with E-state index in [2.05, 4.69) is 60.4 Å². The van der Waals surface area contributed by atoms with E-state index in [0.717, 1.165) is 68.5 Å². The highest BCUT2D eigenvalue weighted by molar-refractivity contribution is 5.78. The molecule has 1 aliphatic heterocycles. The van der Waals surface area contributed by atoms with Gasteiger partial charge in [-0.1, -0.05) is 25.1 Å². The fourth-order valence-corrected chi connectivity index (χ4v) is 4.38. The Morgan fingerprint density at radius 1 is 1.19 bits per heavy atom.